The Morgan fingerprint density at radius 2 is 1.48 bits per heavy atom. The fraction of sp³-hybridized carbons (Fsp3) is 0.250. The Kier molecular flexibility index (Phi) is 6.46. The van der Waals surface area contributed by atoms with Crippen molar-refractivity contribution < 1.29 is 19.1 Å². The van der Waals surface area contributed by atoms with Crippen LogP contribution in [0, 0.1) is 0 Å². The van der Waals surface area contributed by atoms with Crippen molar-refractivity contribution >= 4 is 23.3 Å². The van der Waals surface area contributed by atoms with E-state index in [0.29, 0.717) is 16.8 Å². The van der Waals surface area contributed by atoms with Gasteiger partial charge in [0.05, 0.1) is 12.7 Å². The van der Waals surface area contributed by atoms with Gasteiger partial charge < -0.3 is 10.1 Å². The molecular weight excluding hydrogens is 318 g/mol. The number of hydrogen-bond donors (Lipinski definition) is 1. The molecule has 25 heavy (non-hydrogen) atoms. The zero-order chi connectivity index (χ0) is 18.2. The van der Waals surface area contributed by atoms with Crippen LogP contribution in [0.2, 0.25) is 0 Å². The Labute approximate surface area is 147 Å². The van der Waals surface area contributed by atoms with E-state index >= 15 is 0 Å². The van der Waals surface area contributed by atoms with Gasteiger partial charge in [0.1, 0.15) is 0 Å². The first-order chi connectivity index (χ1) is 12.0. The summed E-state index contributed by atoms with van der Waals surface area (Å²) in [5.74, 6) is -0.735. The molecule has 0 aromatic heterocycles. The number of carbonyl (C=O) groups excluding carboxylic acids is 3. The molecule has 0 radical (unpaired) electrons. The minimum absolute atomic E-state index is 0.0566. The van der Waals surface area contributed by atoms with Crippen LogP contribution in [-0.2, 0) is 16.0 Å². The molecule has 0 unspecified atom stereocenters. The van der Waals surface area contributed by atoms with Crippen LogP contribution in [0.25, 0.3) is 0 Å². The number of amides is 1. The van der Waals surface area contributed by atoms with E-state index in [1.165, 1.54) is 12.7 Å². The highest BCUT2D eigenvalue weighted by Gasteiger charge is 2.10. The van der Waals surface area contributed by atoms with Crippen molar-refractivity contribution in [2.45, 2.75) is 26.2 Å². The molecule has 0 heterocycles. The van der Waals surface area contributed by atoms with E-state index in [9.17, 15) is 14.4 Å². The van der Waals surface area contributed by atoms with Gasteiger partial charge in [-0.3, -0.25) is 9.59 Å². The maximum atomic E-state index is 12.1. The predicted octanol–water partition coefficient (Wildman–Crippen LogP) is 3.64. The van der Waals surface area contributed by atoms with Gasteiger partial charge in [0.15, 0.2) is 5.78 Å². The highest BCUT2D eigenvalue weighted by Crippen LogP contribution is 2.12. The number of hydrogen-bond acceptors (Lipinski definition) is 4. The third-order valence-electron chi connectivity index (χ3n) is 3.85. The van der Waals surface area contributed by atoms with Gasteiger partial charge in [0.25, 0.3) is 0 Å². The van der Waals surface area contributed by atoms with Crippen LogP contribution in [0.5, 0.6) is 0 Å². The number of rotatable bonds is 7. The smallest absolute Gasteiger partial charge is 0.337 e. The van der Waals surface area contributed by atoms with Crippen LogP contribution in [0.4, 0.5) is 5.69 Å². The van der Waals surface area contributed by atoms with Crippen molar-refractivity contribution in [3.05, 3.63) is 65.2 Å². The van der Waals surface area contributed by atoms with Crippen molar-refractivity contribution in [2.75, 3.05) is 12.4 Å². The summed E-state index contributed by atoms with van der Waals surface area (Å²) in [6.07, 6.45) is 1.18. The third kappa shape index (κ3) is 5.28. The summed E-state index contributed by atoms with van der Waals surface area (Å²) in [7, 11) is 1.31. The first-order valence-corrected chi connectivity index (χ1v) is 8.14. The van der Waals surface area contributed by atoms with Gasteiger partial charge in [-0.15, -0.1) is 0 Å². The Hall–Kier alpha value is -2.95. The maximum absolute atomic E-state index is 12.1. The van der Waals surface area contributed by atoms with Crippen molar-refractivity contribution in [3.8, 4) is 0 Å². The van der Waals surface area contributed by atoms with Crippen LogP contribution in [0.1, 0.15) is 46.0 Å². The van der Waals surface area contributed by atoms with Gasteiger partial charge >= 0.3 is 5.97 Å². The number of ketones is 1. The minimum Gasteiger partial charge on any atom is -0.465 e. The maximum Gasteiger partial charge on any atom is 0.337 e. The van der Waals surface area contributed by atoms with E-state index in [1.807, 2.05) is 12.1 Å². The average Bonchev–Trinajstić information content (AvgIpc) is 2.66. The number of aryl methyl sites for hydroxylation is 1. The first-order valence-electron chi connectivity index (χ1n) is 8.14. The third-order valence-corrected chi connectivity index (χ3v) is 3.85. The lowest BCUT2D eigenvalue weighted by Crippen LogP contribution is -2.13. The number of carbonyl (C=O) groups is 3. The summed E-state index contributed by atoms with van der Waals surface area (Å²) in [4.78, 5) is 35.4. The van der Waals surface area contributed by atoms with Crippen LogP contribution in [0.3, 0.4) is 0 Å². The van der Waals surface area contributed by atoms with E-state index in [4.69, 9.17) is 0 Å². The normalized spacial score (nSPS) is 10.2. The standard InChI is InChI=1S/C20H21NO4/c1-3-14-4-6-15(7-5-14)18(22)12-13-19(23)21-17-10-8-16(9-11-17)20(24)25-2/h4-11H,3,12-13H2,1-2H3,(H,21,23). The van der Waals surface area contributed by atoms with E-state index in [1.54, 1.807) is 36.4 Å². The van der Waals surface area contributed by atoms with Crippen molar-refractivity contribution in [1.29, 1.82) is 0 Å². The average molecular weight is 339 g/mol. The SMILES string of the molecule is CCc1ccc(C(=O)CCC(=O)Nc2ccc(C(=O)OC)cc2)cc1. The van der Waals surface area contributed by atoms with Crippen molar-refractivity contribution in [2.24, 2.45) is 0 Å². The summed E-state index contributed by atoms with van der Waals surface area (Å²) in [5.41, 5.74) is 2.76. The van der Waals surface area contributed by atoms with E-state index in [0.717, 1.165) is 6.42 Å². The fourth-order valence-electron chi connectivity index (χ4n) is 2.33. The van der Waals surface area contributed by atoms with Gasteiger partial charge in [0.2, 0.25) is 5.91 Å². The van der Waals surface area contributed by atoms with Gasteiger partial charge in [-0.05, 0) is 36.2 Å². The second kappa shape index (κ2) is 8.78. The minimum atomic E-state index is -0.433. The van der Waals surface area contributed by atoms with E-state index in [2.05, 4.69) is 17.0 Å². The fourth-order valence-corrected chi connectivity index (χ4v) is 2.33. The highest BCUT2D eigenvalue weighted by molar-refractivity contribution is 6.00. The lowest BCUT2D eigenvalue weighted by molar-refractivity contribution is -0.116. The molecule has 2 rings (SSSR count). The second-order valence-electron chi connectivity index (χ2n) is 5.59. The van der Waals surface area contributed by atoms with Crippen molar-refractivity contribution in [3.63, 3.8) is 0 Å². The Balaban J connectivity index is 1.85. The first kappa shape index (κ1) is 18.4. The van der Waals surface area contributed by atoms with Crippen molar-refractivity contribution in [1.82, 2.24) is 0 Å². The number of benzene rings is 2. The molecule has 0 bridgehead atoms. The van der Waals surface area contributed by atoms with Gasteiger partial charge in [-0.1, -0.05) is 31.2 Å². The molecule has 0 atom stereocenters. The molecular formula is C20H21NO4. The molecule has 0 spiro atoms. The number of methoxy groups -OCH3 is 1. The highest BCUT2D eigenvalue weighted by atomic mass is 16.5. The summed E-state index contributed by atoms with van der Waals surface area (Å²) in [5, 5.41) is 2.71. The zero-order valence-corrected chi connectivity index (χ0v) is 14.4. The van der Waals surface area contributed by atoms with Gasteiger partial charge in [-0.25, -0.2) is 4.79 Å². The van der Waals surface area contributed by atoms with Crippen LogP contribution in [-0.4, -0.2) is 24.8 Å². The lowest BCUT2D eigenvalue weighted by atomic mass is 10.0. The Bertz CT molecular complexity index is 748. The van der Waals surface area contributed by atoms with Crippen LogP contribution in [0.15, 0.2) is 48.5 Å². The van der Waals surface area contributed by atoms with Gasteiger partial charge in [-0.2, -0.15) is 0 Å². The monoisotopic (exact) mass is 339 g/mol. The van der Waals surface area contributed by atoms with Crippen LogP contribution < -0.4 is 5.32 Å². The number of anilines is 1. The lowest BCUT2D eigenvalue weighted by Gasteiger charge is -2.06. The molecule has 2 aromatic carbocycles. The molecule has 0 aliphatic heterocycles. The van der Waals surface area contributed by atoms with E-state index in [-0.39, 0.29) is 24.5 Å². The molecule has 0 saturated heterocycles. The van der Waals surface area contributed by atoms with Gasteiger partial charge in [0, 0.05) is 24.1 Å². The number of nitrogens with one attached hydrogen (secondary N) is 1. The zero-order valence-electron chi connectivity index (χ0n) is 14.4. The molecule has 0 aliphatic carbocycles. The molecule has 1 N–H and O–H groups in total. The predicted molar refractivity (Wildman–Crippen MR) is 95.8 cm³/mol. The van der Waals surface area contributed by atoms with Crippen LogP contribution >= 0.6 is 0 Å². The second-order valence-corrected chi connectivity index (χ2v) is 5.59. The number of esters is 1. The number of ether oxygens (including phenoxy) is 1. The molecule has 2 aromatic rings. The molecule has 5 nitrogen and oxygen atoms in total. The molecule has 0 aliphatic rings. The topological polar surface area (TPSA) is 72.5 Å². The Morgan fingerprint density at radius 1 is 0.880 bits per heavy atom. The molecule has 0 fully saturated rings. The summed E-state index contributed by atoms with van der Waals surface area (Å²) < 4.78 is 4.61. The summed E-state index contributed by atoms with van der Waals surface area (Å²) in [6.45, 7) is 2.05. The molecule has 0 saturated carbocycles. The molecule has 5 heteroatoms. The Morgan fingerprint density at radius 3 is 2.04 bits per heavy atom. The largest absolute Gasteiger partial charge is 0.465 e. The summed E-state index contributed by atoms with van der Waals surface area (Å²) in [6, 6.07) is 13.8. The molecule has 130 valence electrons. The quantitative estimate of drug-likeness (QED) is 0.617. The number of Topliss-reactive ketones (excluding diaryl/α,β-unsaturated/α-hetero) is 1. The molecule has 1 amide bonds. The van der Waals surface area contributed by atoms with E-state index < -0.39 is 5.97 Å². The summed E-state index contributed by atoms with van der Waals surface area (Å²) >= 11 is 0.